The molecule has 0 unspecified atom stereocenters. The van der Waals surface area contributed by atoms with Gasteiger partial charge in [-0.3, -0.25) is 4.79 Å². The number of para-hydroxylation sites is 2. The van der Waals surface area contributed by atoms with Crippen LogP contribution in [0.25, 0.3) is 11.0 Å². The van der Waals surface area contributed by atoms with E-state index in [0.29, 0.717) is 5.82 Å². The fourth-order valence-corrected chi connectivity index (χ4v) is 1.81. The first-order valence-corrected chi connectivity index (χ1v) is 6.67. The number of nitrogens with one attached hydrogen (secondary N) is 1. The van der Waals surface area contributed by atoms with Crippen molar-refractivity contribution < 1.29 is 14.7 Å². The third-order valence-corrected chi connectivity index (χ3v) is 2.82. The van der Waals surface area contributed by atoms with Crippen molar-refractivity contribution in [2.75, 3.05) is 7.05 Å². The summed E-state index contributed by atoms with van der Waals surface area (Å²) in [5.41, 5.74) is 7.13. The van der Waals surface area contributed by atoms with Gasteiger partial charge in [-0.1, -0.05) is 25.5 Å². The predicted octanol–water partition coefficient (Wildman–Crippen LogP) is 1.82. The van der Waals surface area contributed by atoms with E-state index < -0.39 is 12.0 Å². The summed E-state index contributed by atoms with van der Waals surface area (Å²) in [5.74, 6) is -0.109. The summed E-state index contributed by atoms with van der Waals surface area (Å²) < 4.78 is 1.90. The maximum Gasteiger partial charge on any atom is 0.404 e. The normalized spacial score (nSPS) is 9.81. The monoisotopic (exact) mass is 292 g/mol. The molecule has 1 heterocycles. The van der Waals surface area contributed by atoms with Gasteiger partial charge in [0.15, 0.2) is 5.82 Å². The van der Waals surface area contributed by atoms with Crippen molar-refractivity contribution in [1.82, 2.24) is 14.9 Å². The Balaban J connectivity index is 0.000000383. The summed E-state index contributed by atoms with van der Waals surface area (Å²) in [6, 6.07) is 7.70. The van der Waals surface area contributed by atoms with Crippen molar-refractivity contribution >= 4 is 23.0 Å². The molecule has 0 radical (unpaired) electrons. The average molecular weight is 292 g/mol. The number of primary amides is 1. The number of benzene rings is 1. The van der Waals surface area contributed by atoms with E-state index in [2.05, 4.69) is 11.9 Å². The summed E-state index contributed by atoms with van der Waals surface area (Å²) in [6.07, 6.45) is 1.09. The van der Waals surface area contributed by atoms with E-state index in [9.17, 15) is 9.59 Å². The number of fused-ring (bicyclic) bond motifs is 1. The van der Waals surface area contributed by atoms with Crippen LogP contribution in [0.1, 0.15) is 30.4 Å². The Morgan fingerprint density at radius 3 is 2.52 bits per heavy atom. The van der Waals surface area contributed by atoms with Gasteiger partial charge in [0.1, 0.15) is 0 Å². The third-order valence-electron chi connectivity index (χ3n) is 2.82. The van der Waals surface area contributed by atoms with E-state index in [0.717, 1.165) is 30.4 Å². The molecule has 1 aromatic carbocycles. The van der Waals surface area contributed by atoms with Crippen molar-refractivity contribution in [3.8, 4) is 0 Å². The van der Waals surface area contributed by atoms with Gasteiger partial charge in [-0.25, -0.2) is 9.78 Å². The van der Waals surface area contributed by atoms with Gasteiger partial charge in [-0.05, 0) is 18.6 Å². The van der Waals surface area contributed by atoms with Gasteiger partial charge < -0.3 is 20.7 Å². The Hall–Kier alpha value is -2.57. The van der Waals surface area contributed by atoms with E-state index in [4.69, 9.17) is 10.8 Å². The zero-order valence-corrected chi connectivity index (χ0v) is 12.2. The highest BCUT2D eigenvalue weighted by molar-refractivity contribution is 5.93. The number of carbonyl (C=O) groups excluding carboxylic acids is 1. The van der Waals surface area contributed by atoms with Crippen LogP contribution in [0, 0.1) is 0 Å². The molecule has 7 nitrogen and oxygen atoms in total. The smallest absolute Gasteiger partial charge is 0.404 e. The first-order valence-electron chi connectivity index (χ1n) is 6.67. The molecule has 0 aliphatic rings. The van der Waals surface area contributed by atoms with Gasteiger partial charge in [-0.2, -0.15) is 0 Å². The standard InChI is InChI=1S/C12H15N3O.C2H5NO2/c1-2-3-8-15-10-7-5-4-6-9(10)14-12(15)11(13)16;1-3-2(4)5/h4-7H,2-3,8H2,1H3,(H2,13,16);3H,1H3,(H,4,5). The van der Waals surface area contributed by atoms with Crippen LogP contribution in [0.5, 0.6) is 0 Å². The molecule has 0 saturated carbocycles. The minimum absolute atomic E-state index is 0.356. The summed E-state index contributed by atoms with van der Waals surface area (Å²) in [6.45, 7) is 2.90. The van der Waals surface area contributed by atoms with E-state index in [1.165, 1.54) is 7.05 Å². The molecule has 2 rings (SSSR count). The molecule has 0 fully saturated rings. The Morgan fingerprint density at radius 1 is 1.38 bits per heavy atom. The fraction of sp³-hybridized carbons (Fsp3) is 0.357. The van der Waals surface area contributed by atoms with Crippen molar-refractivity contribution in [2.24, 2.45) is 5.73 Å². The predicted molar refractivity (Wildman–Crippen MR) is 80.2 cm³/mol. The van der Waals surface area contributed by atoms with Crippen LogP contribution in [0.2, 0.25) is 0 Å². The number of hydrogen-bond acceptors (Lipinski definition) is 3. The van der Waals surface area contributed by atoms with Crippen LogP contribution in [0.4, 0.5) is 4.79 Å². The van der Waals surface area contributed by atoms with E-state index in [1.54, 1.807) is 0 Å². The number of unbranched alkanes of at least 4 members (excludes halogenated alkanes) is 1. The number of aromatic nitrogens is 2. The van der Waals surface area contributed by atoms with Crippen molar-refractivity contribution in [3.63, 3.8) is 0 Å². The lowest BCUT2D eigenvalue weighted by Crippen LogP contribution is -2.18. The van der Waals surface area contributed by atoms with Crippen molar-refractivity contribution in [1.29, 1.82) is 0 Å². The number of rotatable bonds is 4. The molecule has 0 spiro atoms. The molecule has 2 aromatic rings. The number of aryl methyl sites for hydroxylation is 1. The minimum Gasteiger partial charge on any atom is -0.465 e. The Morgan fingerprint density at radius 2 is 2.00 bits per heavy atom. The van der Waals surface area contributed by atoms with Gasteiger partial charge in [-0.15, -0.1) is 0 Å². The lowest BCUT2D eigenvalue weighted by atomic mass is 10.3. The van der Waals surface area contributed by atoms with Crippen molar-refractivity contribution in [3.05, 3.63) is 30.1 Å². The van der Waals surface area contributed by atoms with Crippen LogP contribution in [0.3, 0.4) is 0 Å². The Labute approximate surface area is 122 Å². The number of imidazole rings is 1. The highest BCUT2D eigenvalue weighted by Gasteiger charge is 2.13. The number of amides is 2. The van der Waals surface area contributed by atoms with Gasteiger partial charge in [0.25, 0.3) is 5.91 Å². The van der Waals surface area contributed by atoms with E-state index >= 15 is 0 Å². The minimum atomic E-state index is -0.995. The number of nitrogens with zero attached hydrogens (tertiary/aromatic N) is 2. The maximum absolute atomic E-state index is 11.3. The first-order chi connectivity index (χ1) is 10.0. The van der Waals surface area contributed by atoms with Gasteiger partial charge >= 0.3 is 6.09 Å². The molecule has 0 aliphatic heterocycles. The number of carboxylic acid groups (broad SMARTS) is 1. The molecule has 0 aliphatic carbocycles. The van der Waals surface area contributed by atoms with Crippen LogP contribution >= 0.6 is 0 Å². The molecule has 4 N–H and O–H groups in total. The second kappa shape index (κ2) is 7.88. The molecule has 1 aromatic heterocycles. The Kier molecular flexibility index (Phi) is 6.19. The lowest BCUT2D eigenvalue weighted by Gasteiger charge is -2.05. The largest absolute Gasteiger partial charge is 0.465 e. The molecule has 21 heavy (non-hydrogen) atoms. The van der Waals surface area contributed by atoms with Crippen LogP contribution in [-0.4, -0.2) is 33.7 Å². The van der Waals surface area contributed by atoms with Crippen LogP contribution in [-0.2, 0) is 6.54 Å². The van der Waals surface area contributed by atoms with E-state index in [1.807, 2.05) is 34.1 Å². The summed E-state index contributed by atoms with van der Waals surface area (Å²) in [5, 5.41) is 9.56. The lowest BCUT2D eigenvalue weighted by molar-refractivity contribution is 0.0986. The molecule has 0 saturated heterocycles. The molecular formula is C14H20N4O3. The molecule has 0 atom stereocenters. The second-order valence-electron chi connectivity index (χ2n) is 4.35. The molecule has 114 valence electrons. The van der Waals surface area contributed by atoms with Crippen LogP contribution < -0.4 is 11.1 Å². The second-order valence-corrected chi connectivity index (χ2v) is 4.35. The fourth-order valence-electron chi connectivity index (χ4n) is 1.81. The van der Waals surface area contributed by atoms with Gasteiger partial charge in [0, 0.05) is 13.6 Å². The topological polar surface area (TPSA) is 110 Å². The first kappa shape index (κ1) is 16.5. The SMILES string of the molecule is CCCCn1c(C(N)=O)nc2ccccc21.CNC(=O)O. The highest BCUT2D eigenvalue weighted by atomic mass is 16.4. The van der Waals surface area contributed by atoms with Crippen LogP contribution in [0.15, 0.2) is 24.3 Å². The third kappa shape index (κ3) is 4.48. The Bertz CT molecular complexity index is 622. The van der Waals surface area contributed by atoms with Crippen molar-refractivity contribution in [2.45, 2.75) is 26.3 Å². The number of carbonyl (C=O) groups is 2. The maximum atomic E-state index is 11.3. The highest BCUT2D eigenvalue weighted by Crippen LogP contribution is 2.16. The summed E-state index contributed by atoms with van der Waals surface area (Å²) in [4.78, 5) is 24.8. The molecular weight excluding hydrogens is 272 g/mol. The summed E-state index contributed by atoms with van der Waals surface area (Å²) >= 11 is 0. The summed E-state index contributed by atoms with van der Waals surface area (Å²) in [7, 11) is 1.35. The molecule has 0 bridgehead atoms. The molecule has 2 amide bonds. The van der Waals surface area contributed by atoms with Gasteiger partial charge in [0.05, 0.1) is 11.0 Å². The van der Waals surface area contributed by atoms with E-state index in [-0.39, 0.29) is 0 Å². The quantitative estimate of drug-likeness (QED) is 0.798. The average Bonchev–Trinajstić information content (AvgIpc) is 2.84. The zero-order chi connectivity index (χ0) is 15.8. The van der Waals surface area contributed by atoms with Gasteiger partial charge in [0.2, 0.25) is 0 Å². The number of hydrogen-bond donors (Lipinski definition) is 3. The zero-order valence-electron chi connectivity index (χ0n) is 12.2. The number of nitrogens with two attached hydrogens (primary N) is 1. The molecule has 7 heteroatoms.